The fourth-order valence-electron chi connectivity index (χ4n) is 1.12. The van der Waals surface area contributed by atoms with E-state index in [1.807, 2.05) is 0 Å². The molecule has 0 aliphatic heterocycles. The molecule has 0 N–H and O–H groups in total. The molecule has 8 nitrogen and oxygen atoms in total. The quantitative estimate of drug-likeness (QED) is 0.268. The Bertz CT molecular complexity index is 573. The van der Waals surface area contributed by atoms with Crippen LogP contribution in [0.1, 0.15) is 10.4 Å². The van der Waals surface area contributed by atoms with E-state index in [0.29, 0.717) is 5.56 Å². The highest BCUT2D eigenvalue weighted by Crippen LogP contribution is 2.01. The molecule has 1 aromatic carbocycles. The highest BCUT2D eigenvalue weighted by Gasteiger charge is 2.14. The Morgan fingerprint density at radius 3 is 2.36 bits per heavy atom. The van der Waals surface area contributed by atoms with Crippen LogP contribution in [0.25, 0.3) is 0 Å². The first kappa shape index (κ1) is 17.4. The van der Waals surface area contributed by atoms with Crippen LogP contribution in [0.2, 0.25) is 0 Å². The maximum atomic E-state index is 11.5. The second-order valence-corrected chi connectivity index (χ2v) is 4.34. The zero-order valence-electron chi connectivity index (χ0n) is 11.8. The van der Waals surface area contributed by atoms with E-state index in [0.717, 1.165) is 4.90 Å². The molecule has 0 bridgehead atoms. The molecule has 0 heterocycles. The molecule has 1 amide bonds. The van der Waals surface area contributed by atoms with Gasteiger partial charge in [0.2, 0.25) is 12.0 Å². The first-order valence-electron chi connectivity index (χ1n) is 5.93. The molecule has 22 heavy (non-hydrogen) atoms. The normalized spacial score (nSPS) is 10.6. The van der Waals surface area contributed by atoms with Crippen LogP contribution in [0.15, 0.2) is 35.5 Å². The van der Waals surface area contributed by atoms with E-state index in [2.05, 4.69) is 19.5 Å². The summed E-state index contributed by atoms with van der Waals surface area (Å²) in [4.78, 5) is 39.3. The molecule has 0 aliphatic rings. The van der Waals surface area contributed by atoms with Gasteiger partial charge in [-0.3, -0.25) is 9.63 Å². The second kappa shape index (κ2) is 8.63. The molecular formula is C13H13ClN2O6. The minimum atomic E-state index is -1.27. The van der Waals surface area contributed by atoms with E-state index in [-0.39, 0.29) is 0 Å². The van der Waals surface area contributed by atoms with Crippen LogP contribution in [0, 0.1) is 0 Å². The number of halogens is 1. The lowest BCUT2D eigenvalue weighted by Gasteiger charge is -2.07. The van der Waals surface area contributed by atoms with Crippen LogP contribution >= 0.6 is 11.6 Å². The predicted octanol–water partition coefficient (Wildman–Crippen LogP) is 1.59. The number of benzene rings is 1. The molecule has 9 heteroatoms. The Labute approximate surface area is 131 Å². The number of ether oxygens (including phenoxy) is 2. The molecule has 0 saturated heterocycles. The molecule has 1 rings (SSSR count). The molecule has 0 fully saturated rings. The Kier molecular flexibility index (Phi) is 6.84. The summed E-state index contributed by atoms with van der Waals surface area (Å²) in [5, 5.41) is 2.52. The number of nitrogens with zero attached hydrogens (tertiary/aromatic N) is 2. The molecule has 0 atom stereocenters. The van der Waals surface area contributed by atoms with E-state index in [1.165, 1.54) is 26.2 Å². The average Bonchev–Trinajstić information content (AvgIpc) is 2.52. The lowest BCUT2D eigenvalue weighted by molar-refractivity contribution is -0.121. The standard InChI is InChI=1S/C13H13ClN2O6/c1-16(2)11(17)10(14)15-22-13(19)21-8-20-12(18)9-6-4-3-5-7-9/h3-7H,8H2,1-2H3. The van der Waals surface area contributed by atoms with Gasteiger partial charge in [0, 0.05) is 14.1 Å². The van der Waals surface area contributed by atoms with Crippen molar-refractivity contribution in [3.63, 3.8) is 0 Å². The molecule has 0 unspecified atom stereocenters. The van der Waals surface area contributed by atoms with Crippen molar-refractivity contribution >= 4 is 34.8 Å². The summed E-state index contributed by atoms with van der Waals surface area (Å²) in [7, 11) is 2.89. The van der Waals surface area contributed by atoms with Crippen molar-refractivity contribution in [2.75, 3.05) is 20.9 Å². The summed E-state index contributed by atoms with van der Waals surface area (Å²) >= 11 is 5.48. The van der Waals surface area contributed by atoms with Crippen LogP contribution in [0.4, 0.5) is 4.79 Å². The van der Waals surface area contributed by atoms with E-state index in [1.54, 1.807) is 18.2 Å². The fourth-order valence-corrected chi connectivity index (χ4v) is 1.32. The van der Waals surface area contributed by atoms with E-state index >= 15 is 0 Å². The van der Waals surface area contributed by atoms with Crippen LogP contribution in [-0.2, 0) is 19.1 Å². The monoisotopic (exact) mass is 328 g/mol. The zero-order chi connectivity index (χ0) is 16.5. The van der Waals surface area contributed by atoms with Gasteiger partial charge in [-0.25, -0.2) is 9.59 Å². The van der Waals surface area contributed by atoms with Crippen molar-refractivity contribution in [1.29, 1.82) is 0 Å². The van der Waals surface area contributed by atoms with Gasteiger partial charge < -0.3 is 14.4 Å². The van der Waals surface area contributed by atoms with E-state index in [4.69, 9.17) is 11.6 Å². The summed E-state index contributed by atoms with van der Waals surface area (Å²) in [6, 6.07) is 8.13. The third-order valence-corrected chi connectivity index (χ3v) is 2.39. The summed E-state index contributed by atoms with van der Waals surface area (Å²) < 4.78 is 9.10. The number of amides is 1. The maximum Gasteiger partial charge on any atom is 0.538 e. The maximum absolute atomic E-state index is 11.5. The third-order valence-electron chi connectivity index (χ3n) is 2.16. The Hall–Kier alpha value is -2.61. The molecule has 118 valence electrons. The molecular weight excluding hydrogens is 316 g/mol. The molecule has 0 aromatic heterocycles. The van der Waals surface area contributed by atoms with Gasteiger partial charge in [0.15, 0.2) is 0 Å². The van der Waals surface area contributed by atoms with E-state index in [9.17, 15) is 14.4 Å². The third kappa shape index (κ3) is 5.80. The van der Waals surface area contributed by atoms with Crippen LogP contribution < -0.4 is 0 Å². The SMILES string of the molecule is CN(C)C(=O)C(Cl)=NOC(=O)OCOC(=O)c1ccccc1. The van der Waals surface area contributed by atoms with Gasteiger partial charge in [0.05, 0.1) is 5.56 Å². The van der Waals surface area contributed by atoms with Gasteiger partial charge in [-0.05, 0) is 12.1 Å². The van der Waals surface area contributed by atoms with Gasteiger partial charge in [0.25, 0.3) is 5.91 Å². The lowest BCUT2D eigenvalue weighted by atomic mass is 10.2. The number of rotatable bonds is 5. The van der Waals surface area contributed by atoms with Gasteiger partial charge in [-0.2, -0.15) is 0 Å². The molecule has 0 spiro atoms. The van der Waals surface area contributed by atoms with Crippen molar-refractivity contribution in [3.05, 3.63) is 35.9 Å². The molecule has 0 radical (unpaired) electrons. The molecule has 1 aromatic rings. The van der Waals surface area contributed by atoms with Crippen LogP contribution in [-0.4, -0.2) is 49.0 Å². The predicted molar refractivity (Wildman–Crippen MR) is 76.3 cm³/mol. The second-order valence-electron chi connectivity index (χ2n) is 3.98. The number of hydrogen-bond acceptors (Lipinski definition) is 7. The van der Waals surface area contributed by atoms with Crippen molar-refractivity contribution in [3.8, 4) is 0 Å². The van der Waals surface area contributed by atoms with Gasteiger partial charge >= 0.3 is 12.1 Å². The first-order valence-corrected chi connectivity index (χ1v) is 6.30. The van der Waals surface area contributed by atoms with Crippen molar-refractivity contribution in [1.82, 2.24) is 4.90 Å². The Balaban J connectivity index is 2.34. The summed E-state index contributed by atoms with van der Waals surface area (Å²) in [5.41, 5.74) is 0.303. The zero-order valence-corrected chi connectivity index (χ0v) is 12.6. The van der Waals surface area contributed by atoms with Crippen LogP contribution in [0.5, 0.6) is 0 Å². The number of esters is 1. The van der Waals surface area contributed by atoms with Crippen molar-refractivity contribution in [2.24, 2.45) is 5.16 Å². The smallest absolute Gasteiger partial charge is 0.424 e. The number of carbonyl (C=O) groups excluding carboxylic acids is 3. The number of carbonyl (C=O) groups is 3. The van der Waals surface area contributed by atoms with Gasteiger partial charge in [-0.1, -0.05) is 35.0 Å². The van der Waals surface area contributed by atoms with Gasteiger partial charge in [-0.15, -0.1) is 0 Å². The molecule has 0 aliphatic carbocycles. The highest BCUT2D eigenvalue weighted by atomic mass is 35.5. The lowest BCUT2D eigenvalue weighted by Crippen LogP contribution is -2.27. The van der Waals surface area contributed by atoms with Crippen LogP contribution in [0.3, 0.4) is 0 Å². The number of hydrogen-bond donors (Lipinski definition) is 0. The summed E-state index contributed by atoms with van der Waals surface area (Å²) in [5.74, 6) is -1.32. The van der Waals surface area contributed by atoms with E-state index < -0.39 is 30.0 Å². The van der Waals surface area contributed by atoms with Gasteiger partial charge in [0.1, 0.15) is 0 Å². The number of oxime groups is 1. The highest BCUT2D eigenvalue weighted by molar-refractivity contribution is 6.82. The van der Waals surface area contributed by atoms with Crippen molar-refractivity contribution in [2.45, 2.75) is 0 Å². The van der Waals surface area contributed by atoms with Crippen molar-refractivity contribution < 1.29 is 28.7 Å². The fraction of sp³-hybridized carbons (Fsp3) is 0.231. The summed E-state index contributed by atoms with van der Waals surface area (Å²) in [6.45, 7) is -0.665. The Morgan fingerprint density at radius 1 is 1.14 bits per heavy atom. The first-order chi connectivity index (χ1) is 10.4. The largest absolute Gasteiger partial charge is 0.538 e. The Morgan fingerprint density at radius 2 is 1.77 bits per heavy atom. The minimum absolute atomic E-state index is 0.303. The topological polar surface area (TPSA) is 94.5 Å². The minimum Gasteiger partial charge on any atom is -0.424 e. The summed E-state index contributed by atoms with van der Waals surface area (Å²) in [6.07, 6.45) is -1.27. The average molecular weight is 329 g/mol. The molecule has 0 saturated carbocycles.